The average Bonchev–Trinajstić information content (AvgIpc) is 2.94. The molecule has 4 rings (SSSR count). The largest absolute Gasteiger partial charge is 0.332 e. The second-order valence-electron chi connectivity index (χ2n) is 7.16. The fraction of sp³-hybridized carbons (Fsp3) is 0.444. The molecule has 1 aromatic heterocycles. The van der Waals surface area contributed by atoms with Gasteiger partial charge in [-0.1, -0.05) is 18.2 Å². The van der Waals surface area contributed by atoms with Crippen molar-refractivity contribution in [2.45, 2.75) is 12.1 Å². The van der Waals surface area contributed by atoms with Gasteiger partial charge in [-0.2, -0.15) is 0 Å². The molecule has 0 saturated carbocycles. The maximum Gasteiger partial charge on any atom is 0.255 e. The molecule has 0 bridgehead atoms. The van der Waals surface area contributed by atoms with Gasteiger partial charge in [-0.3, -0.25) is 14.5 Å². The molecule has 0 radical (unpaired) electrons. The van der Waals surface area contributed by atoms with Crippen LogP contribution >= 0.6 is 0 Å². The Labute approximate surface area is 151 Å². The van der Waals surface area contributed by atoms with Gasteiger partial charge in [-0.15, -0.1) is 0 Å². The standard InChI is InChI=1S/C18H21N3O4S/c1-19-7-8-21(16-11-26(24,25)10-15(16)19)18(23)13-9-17(22)20(2)14-6-4-3-5-12(13)14/h3-6,9,15-16H,7-8,10-11H2,1-2H3/t15-,16+/m1/s1. The summed E-state index contributed by atoms with van der Waals surface area (Å²) >= 11 is 0. The van der Waals surface area contributed by atoms with Crippen LogP contribution in [0.25, 0.3) is 10.9 Å². The minimum atomic E-state index is -3.17. The molecule has 0 unspecified atom stereocenters. The van der Waals surface area contributed by atoms with Gasteiger partial charge in [0.15, 0.2) is 9.84 Å². The number of benzene rings is 1. The molecule has 0 aliphatic carbocycles. The summed E-state index contributed by atoms with van der Waals surface area (Å²) in [5.74, 6) is -0.203. The number of hydrogen-bond acceptors (Lipinski definition) is 5. The van der Waals surface area contributed by atoms with E-state index in [1.165, 1.54) is 10.6 Å². The number of aromatic nitrogens is 1. The summed E-state index contributed by atoms with van der Waals surface area (Å²) in [5, 5.41) is 0.705. The lowest BCUT2D eigenvalue weighted by Gasteiger charge is -2.42. The molecule has 1 amide bonds. The van der Waals surface area contributed by atoms with Gasteiger partial charge in [0.1, 0.15) is 0 Å². The number of hydrogen-bond donors (Lipinski definition) is 0. The van der Waals surface area contributed by atoms with Crippen LogP contribution in [0.1, 0.15) is 10.4 Å². The number of pyridine rings is 1. The van der Waals surface area contributed by atoms with Crippen LogP contribution in [0.4, 0.5) is 0 Å². The molecule has 2 saturated heterocycles. The number of likely N-dealkylation sites (N-methyl/N-ethyl adjacent to an activating group) is 1. The molecule has 2 aliphatic heterocycles. The third-order valence-electron chi connectivity index (χ3n) is 5.60. The van der Waals surface area contributed by atoms with Crippen LogP contribution in [0.5, 0.6) is 0 Å². The lowest BCUT2D eigenvalue weighted by molar-refractivity contribution is 0.0411. The summed E-state index contributed by atoms with van der Waals surface area (Å²) < 4.78 is 25.8. The molecule has 7 nitrogen and oxygen atoms in total. The second kappa shape index (κ2) is 5.92. The van der Waals surface area contributed by atoms with Crippen LogP contribution in [0, 0.1) is 0 Å². The monoisotopic (exact) mass is 375 g/mol. The highest BCUT2D eigenvalue weighted by Crippen LogP contribution is 2.28. The number of carbonyl (C=O) groups excluding carboxylic acids is 1. The molecular formula is C18H21N3O4S. The third-order valence-corrected chi connectivity index (χ3v) is 7.30. The van der Waals surface area contributed by atoms with E-state index in [9.17, 15) is 18.0 Å². The van der Waals surface area contributed by atoms with Gasteiger partial charge in [0, 0.05) is 37.6 Å². The van der Waals surface area contributed by atoms with Gasteiger partial charge < -0.3 is 9.47 Å². The summed E-state index contributed by atoms with van der Waals surface area (Å²) in [6, 6.07) is 8.09. The van der Waals surface area contributed by atoms with E-state index in [0.29, 0.717) is 29.6 Å². The van der Waals surface area contributed by atoms with Gasteiger partial charge in [0.2, 0.25) is 0 Å². The Kier molecular flexibility index (Phi) is 3.92. The van der Waals surface area contributed by atoms with Gasteiger partial charge >= 0.3 is 0 Å². The van der Waals surface area contributed by atoms with E-state index >= 15 is 0 Å². The normalized spacial score (nSPS) is 25.4. The fourth-order valence-corrected chi connectivity index (χ4v) is 6.18. The fourth-order valence-electron chi connectivity index (χ4n) is 4.12. The van der Waals surface area contributed by atoms with E-state index in [2.05, 4.69) is 0 Å². The molecule has 8 heteroatoms. The van der Waals surface area contributed by atoms with E-state index in [0.717, 1.165) is 0 Å². The van der Waals surface area contributed by atoms with Crippen LogP contribution in [0.2, 0.25) is 0 Å². The van der Waals surface area contributed by atoms with Crippen molar-refractivity contribution in [2.24, 2.45) is 7.05 Å². The molecule has 138 valence electrons. The Morgan fingerprint density at radius 2 is 1.77 bits per heavy atom. The SMILES string of the molecule is CN1CCN(C(=O)c2cc(=O)n(C)c3ccccc23)[C@H]2CS(=O)(=O)C[C@H]21. The van der Waals surface area contributed by atoms with Crippen LogP contribution in [0.15, 0.2) is 35.1 Å². The summed E-state index contributed by atoms with van der Waals surface area (Å²) in [6.45, 7) is 1.07. The van der Waals surface area contributed by atoms with E-state index in [1.54, 1.807) is 18.0 Å². The van der Waals surface area contributed by atoms with Crippen molar-refractivity contribution in [3.05, 3.63) is 46.2 Å². The van der Waals surface area contributed by atoms with Crippen molar-refractivity contribution in [3.8, 4) is 0 Å². The number of amides is 1. The molecule has 1 aromatic carbocycles. The molecule has 2 aliphatic rings. The molecule has 0 N–H and O–H groups in total. The maximum atomic E-state index is 13.3. The van der Waals surface area contributed by atoms with E-state index in [-0.39, 0.29) is 35.1 Å². The number of carbonyl (C=O) groups is 1. The van der Waals surface area contributed by atoms with Crippen molar-refractivity contribution in [1.82, 2.24) is 14.4 Å². The minimum Gasteiger partial charge on any atom is -0.332 e. The van der Waals surface area contributed by atoms with Gasteiger partial charge in [0.05, 0.1) is 28.6 Å². The van der Waals surface area contributed by atoms with Crippen LogP contribution < -0.4 is 5.56 Å². The first-order valence-electron chi connectivity index (χ1n) is 8.59. The van der Waals surface area contributed by atoms with Crippen molar-refractivity contribution in [3.63, 3.8) is 0 Å². The van der Waals surface area contributed by atoms with Gasteiger partial charge in [0.25, 0.3) is 11.5 Å². The van der Waals surface area contributed by atoms with E-state index < -0.39 is 9.84 Å². The number of aryl methyl sites for hydroxylation is 1. The zero-order valence-corrected chi connectivity index (χ0v) is 15.6. The lowest BCUT2D eigenvalue weighted by Crippen LogP contribution is -2.59. The Bertz CT molecular complexity index is 1060. The number of fused-ring (bicyclic) bond motifs is 2. The Hall–Kier alpha value is -2.19. The predicted molar refractivity (Wildman–Crippen MR) is 99.1 cm³/mol. The first-order chi connectivity index (χ1) is 12.3. The average molecular weight is 375 g/mol. The van der Waals surface area contributed by atoms with Gasteiger partial charge in [-0.25, -0.2) is 8.42 Å². The minimum absolute atomic E-state index is 0.0173. The highest BCUT2D eigenvalue weighted by atomic mass is 32.2. The number of sulfone groups is 1. The molecule has 2 atom stereocenters. The number of nitrogens with zero attached hydrogens (tertiary/aromatic N) is 3. The lowest BCUT2D eigenvalue weighted by atomic mass is 10.0. The topological polar surface area (TPSA) is 79.7 Å². The molecule has 26 heavy (non-hydrogen) atoms. The summed E-state index contributed by atoms with van der Waals surface area (Å²) in [5.41, 5.74) is 0.779. The Morgan fingerprint density at radius 3 is 2.54 bits per heavy atom. The van der Waals surface area contributed by atoms with Crippen molar-refractivity contribution < 1.29 is 13.2 Å². The summed E-state index contributed by atoms with van der Waals surface area (Å²) in [4.78, 5) is 29.3. The van der Waals surface area contributed by atoms with E-state index in [4.69, 9.17) is 0 Å². The quantitative estimate of drug-likeness (QED) is 0.706. The van der Waals surface area contributed by atoms with E-state index in [1.807, 2.05) is 30.1 Å². The highest BCUT2D eigenvalue weighted by molar-refractivity contribution is 7.91. The smallest absolute Gasteiger partial charge is 0.255 e. The van der Waals surface area contributed by atoms with Crippen LogP contribution in [0.3, 0.4) is 0 Å². The molecule has 2 aromatic rings. The second-order valence-corrected chi connectivity index (χ2v) is 9.32. The number of para-hydroxylation sites is 1. The Morgan fingerprint density at radius 1 is 1.08 bits per heavy atom. The summed E-state index contributed by atoms with van der Waals surface area (Å²) in [6.07, 6.45) is 0. The summed E-state index contributed by atoms with van der Waals surface area (Å²) in [7, 11) is 0.403. The van der Waals surface area contributed by atoms with Crippen molar-refractivity contribution in [1.29, 1.82) is 0 Å². The van der Waals surface area contributed by atoms with Crippen molar-refractivity contribution >= 4 is 26.6 Å². The third kappa shape index (κ3) is 2.64. The zero-order valence-electron chi connectivity index (χ0n) is 14.8. The zero-order chi connectivity index (χ0) is 18.6. The van der Waals surface area contributed by atoms with Crippen LogP contribution in [-0.2, 0) is 16.9 Å². The molecular weight excluding hydrogens is 354 g/mol. The number of rotatable bonds is 1. The van der Waals surface area contributed by atoms with Crippen LogP contribution in [-0.4, -0.2) is 72.4 Å². The highest BCUT2D eigenvalue weighted by Gasteiger charge is 2.47. The number of piperazine rings is 1. The first-order valence-corrected chi connectivity index (χ1v) is 10.4. The Balaban J connectivity index is 1.80. The predicted octanol–water partition coefficient (Wildman–Crippen LogP) is 0.0917. The molecule has 2 fully saturated rings. The molecule has 0 spiro atoms. The maximum absolute atomic E-state index is 13.3. The van der Waals surface area contributed by atoms with Crippen molar-refractivity contribution in [2.75, 3.05) is 31.6 Å². The molecule has 3 heterocycles. The van der Waals surface area contributed by atoms with Gasteiger partial charge in [-0.05, 0) is 13.1 Å². The first kappa shape index (κ1) is 17.2.